The normalized spacial score (nSPS) is 18.7. The molecule has 2 amide bonds. The Hall–Kier alpha value is -2.73. The van der Waals surface area contributed by atoms with Crippen LogP contribution in [0, 0.1) is 11.7 Å². The molecule has 4 nitrogen and oxygen atoms in total. The summed E-state index contributed by atoms with van der Waals surface area (Å²) in [4.78, 5) is 24.9. The lowest BCUT2D eigenvalue weighted by molar-refractivity contribution is -0.121. The van der Waals surface area contributed by atoms with Gasteiger partial charge in [-0.05, 0) is 72.6 Å². The first-order valence-corrected chi connectivity index (χ1v) is 11.7. The molecule has 2 aromatic carbocycles. The highest BCUT2D eigenvalue weighted by Crippen LogP contribution is 2.43. The molecule has 0 atom stereocenters. The summed E-state index contributed by atoms with van der Waals surface area (Å²) < 4.78 is 14.8. The molecule has 1 heterocycles. The second kappa shape index (κ2) is 9.60. The average Bonchev–Trinajstić information content (AvgIpc) is 3.17. The van der Waals surface area contributed by atoms with Crippen molar-refractivity contribution in [2.75, 3.05) is 6.54 Å². The number of primary amides is 1. The molecule has 1 fully saturated rings. The van der Waals surface area contributed by atoms with E-state index in [2.05, 4.69) is 11.4 Å². The van der Waals surface area contributed by atoms with Crippen LogP contribution in [0.3, 0.4) is 0 Å². The van der Waals surface area contributed by atoms with Gasteiger partial charge in [-0.25, -0.2) is 4.39 Å². The number of hydrogen-bond acceptors (Lipinski definition) is 3. The van der Waals surface area contributed by atoms with Gasteiger partial charge in [-0.2, -0.15) is 0 Å². The van der Waals surface area contributed by atoms with E-state index in [4.69, 9.17) is 5.73 Å². The molecule has 0 saturated heterocycles. The van der Waals surface area contributed by atoms with Gasteiger partial charge in [-0.3, -0.25) is 9.59 Å². The van der Waals surface area contributed by atoms with Gasteiger partial charge in [0.05, 0.1) is 4.88 Å². The minimum atomic E-state index is -0.347. The van der Waals surface area contributed by atoms with Gasteiger partial charge in [0.1, 0.15) is 5.82 Å². The molecule has 0 spiro atoms. The summed E-state index contributed by atoms with van der Waals surface area (Å²) in [6.45, 7) is 0.649. The number of rotatable bonds is 7. The predicted octanol–water partition coefficient (Wildman–Crippen LogP) is 5.16. The molecule has 6 heteroatoms. The standard InChI is InChI=1S/C25H27FN2O2S/c26-20-7-3-1-5-17(20)13-14-22(29)28-15-16-9-11-18(12-10-16)23-19-6-2-4-8-21(19)31-24(23)25(27)30/h1-8,16,18H,9-15H2,(H2,27,30)(H,28,29). The number of carbonyl (C=O) groups excluding carboxylic acids is 2. The van der Waals surface area contributed by atoms with Crippen molar-refractivity contribution in [2.45, 2.75) is 44.4 Å². The summed E-state index contributed by atoms with van der Waals surface area (Å²) in [7, 11) is 0. The summed E-state index contributed by atoms with van der Waals surface area (Å²) >= 11 is 1.49. The number of fused-ring (bicyclic) bond motifs is 1. The van der Waals surface area contributed by atoms with Crippen LogP contribution >= 0.6 is 11.3 Å². The third-order valence-corrected chi connectivity index (χ3v) is 7.48. The average molecular weight is 439 g/mol. The van der Waals surface area contributed by atoms with Crippen molar-refractivity contribution in [2.24, 2.45) is 11.7 Å². The highest BCUT2D eigenvalue weighted by atomic mass is 32.1. The van der Waals surface area contributed by atoms with Crippen LogP contribution in [0.15, 0.2) is 48.5 Å². The lowest BCUT2D eigenvalue weighted by atomic mass is 9.77. The highest BCUT2D eigenvalue weighted by molar-refractivity contribution is 7.21. The molecule has 0 unspecified atom stereocenters. The van der Waals surface area contributed by atoms with Gasteiger partial charge in [-0.1, -0.05) is 36.4 Å². The number of aryl methyl sites for hydroxylation is 1. The maximum atomic E-state index is 13.7. The van der Waals surface area contributed by atoms with Gasteiger partial charge in [0.25, 0.3) is 5.91 Å². The Bertz CT molecular complexity index is 1090. The van der Waals surface area contributed by atoms with Crippen molar-refractivity contribution in [3.05, 3.63) is 70.4 Å². The summed E-state index contributed by atoms with van der Waals surface area (Å²) in [5, 5.41) is 4.16. The molecular formula is C25H27FN2O2S. The van der Waals surface area contributed by atoms with Gasteiger partial charge in [0, 0.05) is 17.7 Å². The summed E-state index contributed by atoms with van der Waals surface area (Å²) in [5.74, 6) is 0.109. The molecule has 1 aromatic heterocycles. The lowest BCUT2D eigenvalue weighted by Gasteiger charge is -2.29. The van der Waals surface area contributed by atoms with Crippen LogP contribution < -0.4 is 11.1 Å². The van der Waals surface area contributed by atoms with E-state index in [1.807, 2.05) is 18.2 Å². The van der Waals surface area contributed by atoms with Crippen molar-refractivity contribution >= 4 is 33.2 Å². The van der Waals surface area contributed by atoms with Crippen LogP contribution in [0.4, 0.5) is 4.39 Å². The van der Waals surface area contributed by atoms with E-state index in [-0.39, 0.29) is 17.6 Å². The number of nitrogens with two attached hydrogens (primary N) is 1. The van der Waals surface area contributed by atoms with E-state index in [0.29, 0.717) is 41.7 Å². The van der Waals surface area contributed by atoms with E-state index in [1.165, 1.54) is 17.4 Å². The molecule has 162 valence electrons. The SMILES string of the molecule is NC(=O)c1sc2ccccc2c1C1CCC(CNC(=O)CCc2ccccc2F)CC1. The molecule has 31 heavy (non-hydrogen) atoms. The molecule has 3 N–H and O–H groups in total. The zero-order chi connectivity index (χ0) is 21.8. The first-order chi connectivity index (χ1) is 15.0. The fourth-order valence-electron chi connectivity index (χ4n) is 4.60. The Morgan fingerprint density at radius 3 is 2.48 bits per heavy atom. The number of halogens is 1. The minimum Gasteiger partial charge on any atom is -0.365 e. The largest absolute Gasteiger partial charge is 0.365 e. The highest BCUT2D eigenvalue weighted by Gasteiger charge is 2.28. The fraction of sp³-hybridized carbons (Fsp3) is 0.360. The minimum absolute atomic E-state index is 0.0368. The number of carbonyl (C=O) groups is 2. The topological polar surface area (TPSA) is 72.2 Å². The third kappa shape index (κ3) is 4.96. The number of hydrogen-bond donors (Lipinski definition) is 2. The van der Waals surface area contributed by atoms with E-state index in [1.54, 1.807) is 18.2 Å². The maximum Gasteiger partial charge on any atom is 0.259 e. The van der Waals surface area contributed by atoms with Crippen LogP contribution in [0.1, 0.15) is 58.8 Å². The molecule has 4 rings (SSSR count). The van der Waals surface area contributed by atoms with Crippen molar-refractivity contribution in [1.29, 1.82) is 0 Å². The molecule has 0 bridgehead atoms. The Morgan fingerprint density at radius 1 is 1.03 bits per heavy atom. The maximum absolute atomic E-state index is 13.7. The van der Waals surface area contributed by atoms with Crippen molar-refractivity contribution in [1.82, 2.24) is 5.32 Å². The van der Waals surface area contributed by atoms with Gasteiger partial charge >= 0.3 is 0 Å². The van der Waals surface area contributed by atoms with Gasteiger partial charge in [0.15, 0.2) is 0 Å². The zero-order valence-electron chi connectivity index (χ0n) is 17.4. The summed E-state index contributed by atoms with van der Waals surface area (Å²) in [5.41, 5.74) is 7.36. The van der Waals surface area contributed by atoms with E-state index in [9.17, 15) is 14.0 Å². The summed E-state index contributed by atoms with van der Waals surface area (Å²) in [6, 6.07) is 14.7. The summed E-state index contributed by atoms with van der Waals surface area (Å²) in [6.07, 6.45) is 4.67. The van der Waals surface area contributed by atoms with Crippen LogP contribution in [0.5, 0.6) is 0 Å². The molecule has 0 aliphatic heterocycles. The monoisotopic (exact) mass is 438 g/mol. The lowest BCUT2D eigenvalue weighted by Crippen LogP contribution is -2.31. The van der Waals surface area contributed by atoms with Crippen LogP contribution in [-0.2, 0) is 11.2 Å². The van der Waals surface area contributed by atoms with Crippen molar-refractivity contribution in [3.8, 4) is 0 Å². The number of thiophene rings is 1. The van der Waals surface area contributed by atoms with Gasteiger partial charge in [-0.15, -0.1) is 11.3 Å². The predicted molar refractivity (Wildman–Crippen MR) is 123 cm³/mol. The first-order valence-electron chi connectivity index (χ1n) is 10.8. The first kappa shape index (κ1) is 21.5. The molecule has 0 radical (unpaired) electrons. The van der Waals surface area contributed by atoms with E-state index >= 15 is 0 Å². The fourth-order valence-corrected chi connectivity index (χ4v) is 5.75. The molecule has 1 aliphatic carbocycles. The molecular weight excluding hydrogens is 411 g/mol. The third-order valence-electron chi connectivity index (χ3n) is 6.28. The van der Waals surface area contributed by atoms with Crippen LogP contribution in [0.2, 0.25) is 0 Å². The quantitative estimate of drug-likeness (QED) is 0.535. The van der Waals surface area contributed by atoms with Crippen LogP contribution in [-0.4, -0.2) is 18.4 Å². The molecule has 1 aliphatic rings. The van der Waals surface area contributed by atoms with E-state index < -0.39 is 0 Å². The smallest absolute Gasteiger partial charge is 0.259 e. The van der Waals surface area contributed by atoms with Gasteiger partial charge < -0.3 is 11.1 Å². The number of amides is 2. The molecule has 1 saturated carbocycles. The zero-order valence-corrected chi connectivity index (χ0v) is 18.2. The number of nitrogens with one attached hydrogen (secondary N) is 1. The van der Waals surface area contributed by atoms with Gasteiger partial charge in [0.2, 0.25) is 5.91 Å². The molecule has 3 aromatic rings. The second-order valence-electron chi connectivity index (χ2n) is 8.32. The Balaban J connectivity index is 1.30. The Kier molecular flexibility index (Phi) is 6.66. The van der Waals surface area contributed by atoms with E-state index in [0.717, 1.165) is 41.3 Å². The van der Waals surface area contributed by atoms with Crippen molar-refractivity contribution < 1.29 is 14.0 Å². The number of benzene rings is 2. The Labute approximate surface area is 185 Å². The van der Waals surface area contributed by atoms with Crippen LogP contribution in [0.25, 0.3) is 10.1 Å². The van der Waals surface area contributed by atoms with Crippen molar-refractivity contribution in [3.63, 3.8) is 0 Å². The second-order valence-corrected chi connectivity index (χ2v) is 9.37. The Morgan fingerprint density at radius 2 is 1.74 bits per heavy atom.